The standard InChI is InChI=1S/C20H18N2OS2/c1-2-3-13-21-18-17(14-9-5-4-6-10-14)25-20(24)22(18)16-12-8-7-11-15(16)19(21)23/h4-12H,2-3,13H2,1H3. The number of thiazole rings is 1. The van der Waals surface area contributed by atoms with Gasteiger partial charge in [0.25, 0.3) is 5.56 Å². The topological polar surface area (TPSA) is 26.4 Å². The van der Waals surface area contributed by atoms with E-state index in [9.17, 15) is 4.79 Å². The van der Waals surface area contributed by atoms with Gasteiger partial charge in [0.05, 0.1) is 15.8 Å². The van der Waals surface area contributed by atoms with E-state index >= 15 is 0 Å². The third-order valence-corrected chi connectivity index (χ3v) is 5.85. The maximum absolute atomic E-state index is 13.2. The number of hydrogen-bond acceptors (Lipinski definition) is 3. The van der Waals surface area contributed by atoms with Gasteiger partial charge in [-0.1, -0.05) is 55.8 Å². The summed E-state index contributed by atoms with van der Waals surface area (Å²) in [6, 6.07) is 17.9. The Morgan fingerprint density at radius 1 is 1.04 bits per heavy atom. The minimum atomic E-state index is 0.0639. The van der Waals surface area contributed by atoms with Crippen molar-refractivity contribution in [2.24, 2.45) is 0 Å². The molecule has 0 aliphatic rings. The highest BCUT2D eigenvalue weighted by Crippen LogP contribution is 2.33. The number of aromatic nitrogens is 2. The van der Waals surface area contributed by atoms with Crippen LogP contribution in [0.5, 0.6) is 0 Å². The van der Waals surface area contributed by atoms with Crippen LogP contribution in [0.4, 0.5) is 0 Å². The van der Waals surface area contributed by atoms with Crippen LogP contribution in [0.15, 0.2) is 59.4 Å². The zero-order chi connectivity index (χ0) is 17.4. The number of fused-ring (bicyclic) bond motifs is 3. The Morgan fingerprint density at radius 2 is 1.76 bits per heavy atom. The minimum Gasteiger partial charge on any atom is -0.292 e. The van der Waals surface area contributed by atoms with Crippen molar-refractivity contribution in [2.75, 3.05) is 0 Å². The molecule has 5 heteroatoms. The predicted octanol–water partition coefficient (Wildman–Crippen LogP) is 5.51. The Morgan fingerprint density at radius 3 is 2.52 bits per heavy atom. The van der Waals surface area contributed by atoms with Gasteiger partial charge in [0, 0.05) is 6.54 Å². The predicted molar refractivity (Wildman–Crippen MR) is 108 cm³/mol. The van der Waals surface area contributed by atoms with E-state index < -0.39 is 0 Å². The molecule has 126 valence electrons. The summed E-state index contributed by atoms with van der Waals surface area (Å²) in [5.41, 5.74) is 2.96. The lowest BCUT2D eigenvalue weighted by atomic mass is 10.2. The number of para-hydroxylation sites is 1. The molecule has 0 saturated carbocycles. The molecule has 3 nitrogen and oxygen atoms in total. The second-order valence-electron chi connectivity index (χ2n) is 6.05. The average Bonchev–Trinajstić information content (AvgIpc) is 3.00. The molecule has 0 unspecified atom stereocenters. The Hall–Kier alpha value is -2.24. The number of benzene rings is 2. The highest BCUT2D eigenvalue weighted by Gasteiger charge is 2.17. The molecule has 0 saturated heterocycles. The van der Waals surface area contributed by atoms with Gasteiger partial charge in [0.15, 0.2) is 3.95 Å². The van der Waals surface area contributed by atoms with Gasteiger partial charge in [-0.05, 0) is 36.3 Å². The third-order valence-electron chi connectivity index (χ3n) is 4.43. The molecule has 0 aliphatic heterocycles. The second-order valence-corrected chi connectivity index (χ2v) is 7.69. The summed E-state index contributed by atoms with van der Waals surface area (Å²) >= 11 is 7.25. The van der Waals surface area contributed by atoms with Crippen LogP contribution in [-0.2, 0) is 6.54 Å². The summed E-state index contributed by atoms with van der Waals surface area (Å²) in [4.78, 5) is 14.2. The molecule has 2 aromatic carbocycles. The molecule has 4 aromatic rings. The Labute approximate surface area is 154 Å². The maximum atomic E-state index is 13.2. The molecule has 0 radical (unpaired) electrons. The summed E-state index contributed by atoms with van der Waals surface area (Å²) in [5.74, 6) is 0. The summed E-state index contributed by atoms with van der Waals surface area (Å²) in [6.07, 6.45) is 2.00. The Bertz CT molecular complexity index is 1170. The Balaban J connectivity index is 2.20. The quantitative estimate of drug-likeness (QED) is 0.445. The first kappa shape index (κ1) is 16.2. The average molecular weight is 367 g/mol. The van der Waals surface area contributed by atoms with E-state index in [1.54, 1.807) is 11.3 Å². The summed E-state index contributed by atoms with van der Waals surface area (Å²) < 4.78 is 4.74. The van der Waals surface area contributed by atoms with Gasteiger partial charge in [-0.15, -0.1) is 11.3 Å². The van der Waals surface area contributed by atoms with Crippen LogP contribution < -0.4 is 5.56 Å². The molecular formula is C20H18N2OS2. The van der Waals surface area contributed by atoms with Gasteiger partial charge in [0.1, 0.15) is 5.65 Å². The first-order chi connectivity index (χ1) is 12.2. The van der Waals surface area contributed by atoms with E-state index in [0.717, 1.165) is 43.8 Å². The second kappa shape index (κ2) is 6.58. The van der Waals surface area contributed by atoms with Crippen molar-refractivity contribution in [3.63, 3.8) is 0 Å². The fraction of sp³-hybridized carbons (Fsp3) is 0.200. The lowest BCUT2D eigenvalue weighted by Gasteiger charge is -2.13. The van der Waals surface area contributed by atoms with Crippen molar-refractivity contribution in [1.82, 2.24) is 8.97 Å². The number of unbranched alkanes of at least 4 members (excludes halogenated alkanes) is 1. The van der Waals surface area contributed by atoms with Gasteiger partial charge >= 0.3 is 0 Å². The molecule has 0 bridgehead atoms. The molecule has 0 atom stereocenters. The molecule has 25 heavy (non-hydrogen) atoms. The zero-order valence-electron chi connectivity index (χ0n) is 13.9. The van der Waals surface area contributed by atoms with Gasteiger partial charge < -0.3 is 0 Å². The highest BCUT2D eigenvalue weighted by atomic mass is 32.1. The minimum absolute atomic E-state index is 0.0639. The van der Waals surface area contributed by atoms with Crippen molar-refractivity contribution >= 4 is 40.1 Å². The van der Waals surface area contributed by atoms with Crippen molar-refractivity contribution in [3.8, 4) is 10.4 Å². The van der Waals surface area contributed by atoms with E-state index in [0.29, 0.717) is 6.54 Å². The van der Waals surface area contributed by atoms with Crippen LogP contribution in [0.25, 0.3) is 27.0 Å². The monoisotopic (exact) mass is 366 g/mol. The summed E-state index contributed by atoms with van der Waals surface area (Å²) in [5, 5.41) is 0.722. The van der Waals surface area contributed by atoms with Gasteiger partial charge in [-0.25, -0.2) is 0 Å². The van der Waals surface area contributed by atoms with E-state index in [1.165, 1.54) is 0 Å². The van der Waals surface area contributed by atoms with E-state index in [4.69, 9.17) is 12.2 Å². The van der Waals surface area contributed by atoms with Crippen LogP contribution in [0.1, 0.15) is 19.8 Å². The fourth-order valence-electron chi connectivity index (χ4n) is 3.21. The smallest absolute Gasteiger partial charge is 0.261 e. The van der Waals surface area contributed by atoms with Gasteiger partial charge in [0.2, 0.25) is 0 Å². The SMILES string of the molecule is CCCCn1c(=O)c2ccccc2n2c(=S)sc(-c3ccccc3)c12. The summed E-state index contributed by atoms with van der Waals surface area (Å²) in [6.45, 7) is 2.84. The number of nitrogens with zero attached hydrogens (tertiary/aromatic N) is 2. The highest BCUT2D eigenvalue weighted by molar-refractivity contribution is 7.73. The third kappa shape index (κ3) is 2.64. The van der Waals surface area contributed by atoms with Crippen molar-refractivity contribution < 1.29 is 0 Å². The largest absolute Gasteiger partial charge is 0.292 e. The fourth-order valence-corrected chi connectivity index (χ4v) is 4.65. The molecule has 0 fully saturated rings. The van der Waals surface area contributed by atoms with Crippen LogP contribution in [0, 0.1) is 3.95 Å². The van der Waals surface area contributed by atoms with Crippen molar-refractivity contribution in [2.45, 2.75) is 26.3 Å². The van der Waals surface area contributed by atoms with Crippen molar-refractivity contribution in [1.29, 1.82) is 0 Å². The normalized spacial score (nSPS) is 11.4. The van der Waals surface area contributed by atoms with Crippen LogP contribution in [0.2, 0.25) is 0 Å². The first-order valence-corrected chi connectivity index (χ1v) is 9.67. The first-order valence-electron chi connectivity index (χ1n) is 8.45. The van der Waals surface area contributed by atoms with Crippen molar-refractivity contribution in [3.05, 3.63) is 68.9 Å². The molecule has 0 N–H and O–H groups in total. The molecule has 0 amide bonds. The molecule has 2 heterocycles. The van der Waals surface area contributed by atoms with E-state index in [1.807, 2.05) is 47.0 Å². The lowest BCUT2D eigenvalue weighted by molar-refractivity contribution is 0.627. The molecule has 0 spiro atoms. The Kier molecular flexibility index (Phi) is 4.27. The van der Waals surface area contributed by atoms with Crippen LogP contribution >= 0.6 is 23.6 Å². The molecule has 2 aromatic heterocycles. The van der Waals surface area contributed by atoms with Gasteiger partial charge in [-0.2, -0.15) is 0 Å². The lowest BCUT2D eigenvalue weighted by Crippen LogP contribution is -2.23. The molecule has 0 aliphatic carbocycles. The van der Waals surface area contributed by atoms with E-state index in [2.05, 4.69) is 23.5 Å². The zero-order valence-corrected chi connectivity index (χ0v) is 15.6. The van der Waals surface area contributed by atoms with Gasteiger partial charge in [-0.3, -0.25) is 13.8 Å². The van der Waals surface area contributed by atoms with E-state index in [-0.39, 0.29) is 5.56 Å². The van der Waals surface area contributed by atoms with Crippen LogP contribution in [-0.4, -0.2) is 8.97 Å². The van der Waals surface area contributed by atoms with Crippen LogP contribution in [0.3, 0.4) is 0 Å². The maximum Gasteiger partial charge on any atom is 0.261 e. The molecule has 4 rings (SSSR count). The number of aryl methyl sites for hydroxylation is 1. The number of hydrogen-bond donors (Lipinski definition) is 0. The number of rotatable bonds is 4. The summed E-state index contributed by atoms with van der Waals surface area (Å²) in [7, 11) is 0. The molecular weight excluding hydrogens is 348 g/mol.